The Labute approximate surface area is 108 Å². The van der Waals surface area contributed by atoms with Crippen molar-refractivity contribution >= 4 is 17.3 Å². The van der Waals surface area contributed by atoms with Crippen LogP contribution in [0.25, 0.3) is 0 Å². The first-order valence-corrected chi connectivity index (χ1v) is 6.21. The molecule has 0 aliphatic carbocycles. The summed E-state index contributed by atoms with van der Waals surface area (Å²) in [5.74, 6) is -0.353. The van der Waals surface area contributed by atoms with E-state index in [1.165, 1.54) is 13.5 Å². The number of nitrogens with zero attached hydrogens (tertiary/aromatic N) is 1. The van der Waals surface area contributed by atoms with Gasteiger partial charge >= 0.3 is 5.97 Å². The number of rotatable bonds is 2. The summed E-state index contributed by atoms with van der Waals surface area (Å²) < 4.78 is 4.69. The molecule has 2 rings (SSSR count). The number of hydrogen-bond donors (Lipinski definition) is 1. The molecule has 1 aromatic rings. The average Bonchev–Trinajstić information content (AvgIpc) is 2.68. The van der Waals surface area contributed by atoms with Crippen molar-refractivity contribution in [3.8, 4) is 0 Å². The smallest absolute Gasteiger partial charge is 0.337 e. The fourth-order valence-electron chi connectivity index (χ4n) is 2.60. The van der Waals surface area contributed by atoms with Crippen molar-refractivity contribution in [2.45, 2.75) is 32.2 Å². The van der Waals surface area contributed by atoms with Crippen molar-refractivity contribution < 1.29 is 9.53 Å². The fraction of sp³-hybridized carbons (Fsp3) is 0.500. The monoisotopic (exact) mass is 248 g/mol. The SMILES string of the molecule is COC(=O)c1ccc(N2CCCC2(C)C)c(N)c1. The van der Waals surface area contributed by atoms with E-state index in [1.54, 1.807) is 12.1 Å². The van der Waals surface area contributed by atoms with Gasteiger partial charge in [0.05, 0.1) is 24.0 Å². The maximum atomic E-state index is 11.4. The molecule has 0 saturated carbocycles. The number of methoxy groups -OCH3 is 1. The van der Waals surface area contributed by atoms with Crippen LogP contribution < -0.4 is 10.6 Å². The van der Waals surface area contributed by atoms with Gasteiger partial charge in [-0.1, -0.05) is 0 Å². The summed E-state index contributed by atoms with van der Waals surface area (Å²) in [6, 6.07) is 5.37. The number of anilines is 2. The third-order valence-electron chi connectivity index (χ3n) is 3.64. The summed E-state index contributed by atoms with van der Waals surface area (Å²) >= 11 is 0. The third-order valence-corrected chi connectivity index (χ3v) is 3.64. The predicted molar refractivity (Wildman–Crippen MR) is 72.9 cm³/mol. The van der Waals surface area contributed by atoms with E-state index in [4.69, 9.17) is 5.73 Å². The first kappa shape index (κ1) is 12.7. The molecule has 1 aliphatic rings. The Morgan fingerprint density at radius 3 is 2.67 bits per heavy atom. The first-order valence-electron chi connectivity index (χ1n) is 6.21. The molecule has 0 radical (unpaired) electrons. The van der Waals surface area contributed by atoms with Crippen LogP contribution in [0.1, 0.15) is 37.0 Å². The zero-order valence-corrected chi connectivity index (χ0v) is 11.2. The second-order valence-corrected chi connectivity index (χ2v) is 5.33. The van der Waals surface area contributed by atoms with Crippen molar-refractivity contribution in [3.05, 3.63) is 23.8 Å². The largest absolute Gasteiger partial charge is 0.465 e. The van der Waals surface area contributed by atoms with Crippen molar-refractivity contribution in [1.82, 2.24) is 0 Å². The summed E-state index contributed by atoms with van der Waals surface area (Å²) in [6.45, 7) is 5.44. The van der Waals surface area contributed by atoms with Crippen molar-refractivity contribution in [3.63, 3.8) is 0 Å². The van der Waals surface area contributed by atoms with Gasteiger partial charge in [-0.2, -0.15) is 0 Å². The molecule has 0 atom stereocenters. The average molecular weight is 248 g/mol. The Bertz CT molecular complexity index is 469. The molecule has 18 heavy (non-hydrogen) atoms. The van der Waals surface area contributed by atoms with Crippen LogP contribution in [0.5, 0.6) is 0 Å². The number of ether oxygens (including phenoxy) is 1. The predicted octanol–water partition coefficient (Wildman–Crippen LogP) is 2.43. The molecule has 98 valence electrons. The maximum absolute atomic E-state index is 11.4. The Morgan fingerprint density at radius 1 is 1.44 bits per heavy atom. The molecule has 0 aromatic heterocycles. The Morgan fingerprint density at radius 2 is 2.17 bits per heavy atom. The molecule has 0 bridgehead atoms. The number of nitrogens with two attached hydrogens (primary N) is 1. The van der Waals surface area contributed by atoms with Gasteiger partial charge in [-0.25, -0.2) is 4.79 Å². The van der Waals surface area contributed by atoms with Crippen molar-refractivity contribution in [2.75, 3.05) is 24.3 Å². The topological polar surface area (TPSA) is 55.6 Å². The lowest BCUT2D eigenvalue weighted by molar-refractivity contribution is 0.0601. The molecular formula is C14H20N2O2. The number of hydrogen-bond acceptors (Lipinski definition) is 4. The Hall–Kier alpha value is -1.71. The van der Waals surface area contributed by atoms with E-state index in [0.717, 1.165) is 18.7 Å². The molecule has 1 fully saturated rings. The molecule has 2 N–H and O–H groups in total. The van der Waals surface area contributed by atoms with Gasteiger partial charge < -0.3 is 15.4 Å². The van der Waals surface area contributed by atoms with E-state index in [0.29, 0.717) is 11.3 Å². The minimum Gasteiger partial charge on any atom is -0.465 e. The highest BCUT2D eigenvalue weighted by Gasteiger charge is 2.32. The quantitative estimate of drug-likeness (QED) is 0.645. The van der Waals surface area contributed by atoms with E-state index >= 15 is 0 Å². The van der Waals surface area contributed by atoms with Gasteiger partial charge in [0, 0.05) is 12.1 Å². The van der Waals surface area contributed by atoms with Crippen LogP contribution in [0.15, 0.2) is 18.2 Å². The van der Waals surface area contributed by atoms with Gasteiger partial charge in [0.2, 0.25) is 0 Å². The van der Waals surface area contributed by atoms with Gasteiger partial charge in [-0.3, -0.25) is 0 Å². The molecule has 1 aromatic carbocycles. The molecule has 4 heteroatoms. The number of nitrogen functional groups attached to an aromatic ring is 1. The zero-order chi connectivity index (χ0) is 13.3. The van der Waals surface area contributed by atoms with Crippen LogP contribution in [0.3, 0.4) is 0 Å². The maximum Gasteiger partial charge on any atom is 0.337 e. The summed E-state index contributed by atoms with van der Waals surface area (Å²) in [4.78, 5) is 13.7. The van der Waals surface area contributed by atoms with Crippen LogP contribution >= 0.6 is 0 Å². The molecule has 0 amide bonds. The second kappa shape index (κ2) is 4.52. The normalized spacial score (nSPS) is 17.8. The molecule has 1 heterocycles. The molecule has 1 aliphatic heterocycles. The van der Waals surface area contributed by atoms with E-state index in [2.05, 4.69) is 23.5 Å². The summed E-state index contributed by atoms with van der Waals surface area (Å²) in [5, 5.41) is 0. The lowest BCUT2D eigenvalue weighted by Crippen LogP contribution is -2.38. The van der Waals surface area contributed by atoms with Gasteiger partial charge in [0.15, 0.2) is 0 Å². The number of carbonyl (C=O) groups is 1. The zero-order valence-electron chi connectivity index (χ0n) is 11.2. The van der Waals surface area contributed by atoms with Gasteiger partial charge in [0.1, 0.15) is 0 Å². The minimum atomic E-state index is -0.353. The van der Waals surface area contributed by atoms with Gasteiger partial charge in [0.25, 0.3) is 0 Å². The highest BCUT2D eigenvalue weighted by atomic mass is 16.5. The van der Waals surface area contributed by atoms with Crippen molar-refractivity contribution in [1.29, 1.82) is 0 Å². The first-order chi connectivity index (χ1) is 8.45. The minimum absolute atomic E-state index is 0.126. The van der Waals surface area contributed by atoms with E-state index in [1.807, 2.05) is 6.07 Å². The number of carbonyl (C=O) groups excluding carboxylic acids is 1. The van der Waals surface area contributed by atoms with Crippen LogP contribution in [0, 0.1) is 0 Å². The third kappa shape index (κ3) is 2.15. The molecule has 0 unspecified atom stereocenters. The lowest BCUT2D eigenvalue weighted by atomic mass is 10.0. The number of esters is 1. The fourth-order valence-corrected chi connectivity index (χ4v) is 2.60. The Kier molecular flexibility index (Phi) is 3.20. The molecule has 4 nitrogen and oxygen atoms in total. The summed E-state index contributed by atoms with van der Waals surface area (Å²) in [5.41, 5.74) is 8.32. The van der Waals surface area contributed by atoms with Crippen LogP contribution in [0.4, 0.5) is 11.4 Å². The highest BCUT2D eigenvalue weighted by Crippen LogP contribution is 2.36. The highest BCUT2D eigenvalue weighted by molar-refractivity contribution is 5.92. The van der Waals surface area contributed by atoms with Crippen LogP contribution in [0.2, 0.25) is 0 Å². The van der Waals surface area contributed by atoms with Gasteiger partial charge in [-0.15, -0.1) is 0 Å². The van der Waals surface area contributed by atoms with E-state index in [-0.39, 0.29) is 11.5 Å². The molecular weight excluding hydrogens is 228 g/mol. The lowest BCUT2D eigenvalue weighted by Gasteiger charge is -2.34. The van der Waals surface area contributed by atoms with E-state index < -0.39 is 0 Å². The standard InChI is InChI=1S/C14H20N2O2/c1-14(2)7-4-8-16(14)12-6-5-10(9-11(12)15)13(17)18-3/h5-6,9H,4,7-8,15H2,1-3H3. The second-order valence-electron chi connectivity index (χ2n) is 5.33. The van der Waals surface area contributed by atoms with Crippen LogP contribution in [-0.2, 0) is 4.74 Å². The van der Waals surface area contributed by atoms with E-state index in [9.17, 15) is 4.79 Å². The Balaban J connectivity index is 2.33. The molecule has 0 spiro atoms. The summed E-state index contributed by atoms with van der Waals surface area (Å²) in [6.07, 6.45) is 2.33. The van der Waals surface area contributed by atoms with Crippen LogP contribution in [-0.4, -0.2) is 25.2 Å². The van der Waals surface area contributed by atoms with Crippen molar-refractivity contribution in [2.24, 2.45) is 0 Å². The molecule has 1 saturated heterocycles. The number of benzene rings is 1. The van der Waals surface area contributed by atoms with Gasteiger partial charge in [-0.05, 0) is 44.9 Å². The summed E-state index contributed by atoms with van der Waals surface area (Å²) in [7, 11) is 1.37.